The van der Waals surface area contributed by atoms with E-state index < -0.39 is 0 Å². The monoisotopic (exact) mass is 305 g/mol. The molecule has 2 N–H and O–H groups in total. The first-order valence-electron chi connectivity index (χ1n) is 6.84. The molecule has 2 aromatic carbocycles. The van der Waals surface area contributed by atoms with E-state index in [0.717, 1.165) is 11.4 Å². The molecule has 0 aromatic heterocycles. The van der Waals surface area contributed by atoms with Crippen molar-refractivity contribution in [2.24, 2.45) is 5.73 Å². The summed E-state index contributed by atoms with van der Waals surface area (Å²) in [7, 11) is 0. The number of hydrogen-bond acceptors (Lipinski definition) is 1. The predicted molar refractivity (Wildman–Crippen MR) is 86.9 cm³/mol. The van der Waals surface area contributed by atoms with Gasteiger partial charge in [0.15, 0.2) is 0 Å². The Morgan fingerprint density at radius 3 is 2.60 bits per heavy atom. The van der Waals surface area contributed by atoms with Crippen LogP contribution in [0.15, 0.2) is 24.3 Å². The number of aryl methyl sites for hydroxylation is 1. The molecular weight excluding hydrogens is 289 g/mol. The van der Waals surface area contributed by atoms with Gasteiger partial charge in [-0.1, -0.05) is 35.3 Å². The molecule has 0 heterocycles. The number of hydrogen-bond donors (Lipinski definition) is 1. The van der Waals surface area contributed by atoms with Gasteiger partial charge in [-0.15, -0.1) is 0 Å². The van der Waals surface area contributed by atoms with Crippen LogP contribution in [0.2, 0.25) is 10.0 Å². The first-order valence-corrected chi connectivity index (χ1v) is 7.59. The molecule has 0 fully saturated rings. The second-order valence-electron chi connectivity index (χ2n) is 5.45. The van der Waals surface area contributed by atoms with Crippen molar-refractivity contribution in [2.75, 3.05) is 6.54 Å². The Hall–Kier alpha value is -1.02. The van der Waals surface area contributed by atoms with Crippen LogP contribution >= 0.6 is 23.2 Å². The molecule has 2 aromatic rings. The molecule has 20 heavy (non-hydrogen) atoms. The Kier molecular flexibility index (Phi) is 3.53. The Labute approximate surface area is 129 Å². The minimum atomic E-state index is 0.286. The molecular formula is C17H17Cl2N. The molecule has 0 saturated carbocycles. The SMILES string of the molecule is Cc1ccc2c(c1C)-c1cc(Cl)cc(Cl)c1C2CCN. The van der Waals surface area contributed by atoms with E-state index in [1.807, 2.05) is 12.1 Å². The molecule has 0 spiro atoms. The van der Waals surface area contributed by atoms with Gasteiger partial charge in [0, 0.05) is 16.0 Å². The van der Waals surface area contributed by atoms with Crippen molar-refractivity contribution in [1.82, 2.24) is 0 Å². The fourth-order valence-electron chi connectivity index (χ4n) is 3.25. The highest BCUT2D eigenvalue weighted by Gasteiger charge is 2.32. The van der Waals surface area contributed by atoms with Gasteiger partial charge in [-0.25, -0.2) is 0 Å². The lowest BCUT2D eigenvalue weighted by atomic mass is 9.92. The second-order valence-corrected chi connectivity index (χ2v) is 6.29. The van der Waals surface area contributed by atoms with Crippen molar-refractivity contribution < 1.29 is 0 Å². The molecule has 0 amide bonds. The third-order valence-electron chi connectivity index (χ3n) is 4.31. The lowest BCUT2D eigenvalue weighted by Gasteiger charge is -2.14. The fraction of sp³-hybridized carbons (Fsp3) is 0.294. The maximum absolute atomic E-state index is 6.46. The number of halogens is 2. The predicted octanol–water partition coefficient (Wildman–Crippen LogP) is 5.07. The molecule has 1 aliphatic rings. The quantitative estimate of drug-likeness (QED) is 0.823. The van der Waals surface area contributed by atoms with Crippen LogP contribution < -0.4 is 5.73 Å². The Balaban J connectivity index is 2.35. The van der Waals surface area contributed by atoms with Gasteiger partial charge in [0.25, 0.3) is 0 Å². The normalized spacial score (nSPS) is 16.1. The average Bonchev–Trinajstić information content (AvgIpc) is 2.69. The summed E-state index contributed by atoms with van der Waals surface area (Å²) in [6.45, 7) is 4.95. The molecule has 0 bridgehead atoms. The van der Waals surface area contributed by atoms with Crippen LogP contribution in [-0.2, 0) is 0 Å². The van der Waals surface area contributed by atoms with Crippen molar-refractivity contribution in [3.8, 4) is 11.1 Å². The van der Waals surface area contributed by atoms with Crippen LogP contribution in [0.3, 0.4) is 0 Å². The smallest absolute Gasteiger partial charge is 0.0465 e. The maximum Gasteiger partial charge on any atom is 0.0465 e. The fourth-order valence-corrected chi connectivity index (χ4v) is 3.88. The number of benzene rings is 2. The highest BCUT2D eigenvalue weighted by atomic mass is 35.5. The largest absolute Gasteiger partial charge is 0.330 e. The standard InChI is InChI=1S/C17H17Cl2N/c1-9-3-4-12-13(5-6-20)17-14(16(12)10(9)2)7-11(18)8-15(17)19/h3-4,7-8,13H,5-6,20H2,1-2H3. The van der Waals surface area contributed by atoms with E-state index in [4.69, 9.17) is 28.9 Å². The number of fused-ring (bicyclic) bond motifs is 3. The third kappa shape index (κ3) is 1.96. The van der Waals surface area contributed by atoms with Gasteiger partial charge < -0.3 is 5.73 Å². The van der Waals surface area contributed by atoms with Gasteiger partial charge in [-0.3, -0.25) is 0 Å². The molecule has 0 aliphatic heterocycles. The van der Waals surface area contributed by atoms with Crippen LogP contribution in [0.5, 0.6) is 0 Å². The summed E-state index contributed by atoms with van der Waals surface area (Å²) >= 11 is 12.7. The molecule has 3 heteroatoms. The van der Waals surface area contributed by atoms with Crippen LogP contribution in [0.1, 0.15) is 34.6 Å². The van der Waals surface area contributed by atoms with E-state index in [1.165, 1.54) is 33.4 Å². The van der Waals surface area contributed by atoms with E-state index in [1.54, 1.807) is 0 Å². The summed E-state index contributed by atoms with van der Waals surface area (Å²) in [5.41, 5.74) is 13.4. The van der Waals surface area contributed by atoms with Crippen molar-refractivity contribution in [3.05, 3.63) is 56.6 Å². The van der Waals surface area contributed by atoms with Gasteiger partial charge in [-0.2, -0.15) is 0 Å². The average molecular weight is 306 g/mol. The van der Waals surface area contributed by atoms with Gasteiger partial charge in [0.2, 0.25) is 0 Å². The van der Waals surface area contributed by atoms with Gasteiger partial charge >= 0.3 is 0 Å². The number of nitrogens with two attached hydrogens (primary N) is 1. The molecule has 104 valence electrons. The van der Waals surface area contributed by atoms with E-state index in [9.17, 15) is 0 Å². The van der Waals surface area contributed by atoms with Crippen LogP contribution in [0, 0.1) is 13.8 Å². The van der Waals surface area contributed by atoms with Crippen LogP contribution in [-0.4, -0.2) is 6.54 Å². The summed E-state index contributed by atoms with van der Waals surface area (Å²) in [4.78, 5) is 0. The molecule has 1 aliphatic carbocycles. The maximum atomic E-state index is 6.46. The molecule has 0 saturated heterocycles. The summed E-state index contributed by atoms with van der Waals surface area (Å²) in [5, 5.41) is 1.44. The molecule has 1 unspecified atom stereocenters. The highest BCUT2D eigenvalue weighted by Crippen LogP contribution is 2.51. The first-order chi connectivity index (χ1) is 9.54. The molecule has 1 atom stereocenters. The summed E-state index contributed by atoms with van der Waals surface area (Å²) in [5.74, 6) is 0.286. The number of rotatable bonds is 2. The van der Waals surface area contributed by atoms with E-state index in [-0.39, 0.29) is 5.92 Å². The molecule has 0 radical (unpaired) electrons. The zero-order valence-electron chi connectivity index (χ0n) is 11.6. The molecule has 1 nitrogen and oxygen atoms in total. The van der Waals surface area contributed by atoms with Gasteiger partial charge in [-0.05, 0) is 72.3 Å². The Morgan fingerprint density at radius 1 is 1.15 bits per heavy atom. The van der Waals surface area contributed by atoms with Gasteiger partial charge in [0.1, 0.15) is 0 Å². The van der Waals surface area contributed by atoms with Crippen molar-refractivity contribution in [2.45, 2.75) is 26.2 Å². The van der Waals surface area contributed by atoms with E-state index >= 15 is 0 Å². The van der Waals surface area contributed by atoms with Crippen LogP contribution in [0.4, 0.5) is 0 Å². The first kappa shape index (κ1) is 13.9. The zero-order valence-corrected chi connectivity index (χ0v) is 13.1. The van der Waals surface area contributed by atoms with Crippen molar-refractivity contribution >= 4 is 23.2 Å². The second kappa shape index (κ2) is 5.07. The minimum Gasteiger partial charge on any atom is -0.330 e. The van der Waals surface area contributed by atoms with Gasteiger partial charge in [0.05, 0.1) is 0 Å². The highest BCUT2D eigenvalue weighted by molar-refractivity contribution is 6.36. The molecule has 3 rings (SSSR count). The lowest BCUT2D eigenvalue weighted by Crippen LogP contribution is -2.07. The lowest BCUT2D eigenvalue weighted by molar-refractivity contribution is 0.741. The topological polar surface area (TPSA) is 26.0 Å². The van der Waals surface area contributed by atoms with Crippen LogP contribution in [0.25, 0.3) is 11.1 Å². The zero-order chi connectivity index (χ0) is 14.4. The van der Waals surface area contributed by atoms with Crippen molar-refractivity contribution in [1.29, 1.82) is 0 Å². The minimum absolute atomic E-state index is 0.286. The Morgan fingerprint density at radius 2 is 1.90 bits per heavy atom. The third-order valence-corrected chi connectivity index (χ3v) is 4.84. The summed E-state index contributed by atoms with van der Waals surface area (Å²) in [6.07, 6.45) is 0.907. The summed E-state index contributed by atoms with van der Waals surface area (Å²) in [6, 6.07) is 8.26. The van der Waals surface area contributed by atoms with E-state index in [2.05, 4.69) is 26.0 Å². The summed E-state index contributed by atoms with van der Waals surface area (Å²) < 4.78 is 0. The van der Waals surface area contributed by atoms with E-state index in [0.29, 0.717) is 11.6 Å². The van der Waals surface area contributed by atoms with Crippen molar-refractivity contribution in [3.63, 3.8) is 0 Å². The Bertz CT molecular complexity index is 692.